The Morgan fingerprint density at radius 1 is 1.22 bits per heavy atom. The maximum absolute atomic E-state index is 14.5. The number of anilines is 1. The summed E-state index contributed by atoms with van der Waals surface area (Å²) in [7, 11) is -4.18. The molecular formula is C17H13Cl2FN2O3S2. The summed E-state index contributed by atoms with van der Waals surface area (Å²) in [6, 6.07) is 8.99. The molecule has 1 atom stereocenters. The van der Waals surface area contributed by atoms with E-state index >= 15 is 0 Å². The SMILES string of the molecule is C[C@H](Oc1cc(F)c(S(=O)(=O)Nc2cscn2)cc1Cl)c1ccccc1Cl. The molecule has 27 heavy (non-hydrogen) atoms. The number of hydrogen-bond donors (Lipinski definition) is 1. The zero-order valence-corrected chi connectivity index (χ0v) is 17.0. The van der Waals surface area contributed by atoms with Crippen molar-refractivity contribution in [2.75, 3.05) is 4.72 Å². The molecule has 1 aromatic heterocycles. The molecule has 142 valence electrons. The number of benzene rings is 2. The first-order valence-corrected chi connectivity index (χ1v) is 10.8. The number of hydrogen-bond acceptors (Lipinski definition) is 5. The Hall–Kier alpha value is -1.87. The van der Waals surface area contributed by atoms with Gasteiger partial charge >= 0.3 is 0 Å². The van der Waals surface area contributed by atoms with Crippen LogP contribution in [0.25, 0.3) is 0 Å². The molecular weight excluding hydrogens is 434 g/mol. The van der Waals surface area contributed by atoms with Crippen LogP contribution in [0.2, 0.25) is 10.0 Å². The lowest BCUT2D eigenvalue weighted by atomic mass is 10.1. The number of thiazole rings is 1. The third-order valence-corrected chi connectivity index (χ3v) is 6.19. The summed E-state index contributed by atoms with van der Waals surface area (Å²) in [5.41, 5.74) is 2.14. The molecule has 3 rings (SSSR count). The first kappa shape index (κ1) is 19.9. The minimum Gasteiger partial charge on any atom is -0.484 e. The Bertz CT molecular complexity index is 1060. The van der Waals surface area contributed by atoms with Crippen LogP contribution >= 0.6 is 34.5 Å². The van der Waals surface area contributed by atoms with Gasteiger partial charge in [0.1, 0.15) is 22.6 Å². The van der Waals surface area contributed by atoms with Crippen LogP contribution in [0, 0.1) is 5.82 Å². The molecule has 0 bridgehead atoms. The maximum Gasteiger partial charge on any atom is 0.266 e. The summed E-state index contributed by atoms with van der Waals surface area (Å²) in [4.78, 5) is 3.21. The molecule has 0 aliphatic rings. The molecule has 1 heterocycles. The summed E-state index contributed by atoms with van der Waals surface area (Å²) in [5, 5.41) is 1.93. The molecule has 3 aromatic rings. The second-order valence-corrected chi connectivity index (χ2v) is 8.66. The minimum atomic E-state index is -4.18. The molecule has 0 amide bonds. The van der Waals surface area contributed by atoms with Gasteiger partial charge in [0.2, 0.25) is 0 Å². The van der Waals surface area contributed by atoms with Crippen molar-refractivity contribution in [3.05, 3.63) is 68.7 Å². The van der Waals surface area contributed by atoms with Gasteiger partial charge in [0.25, 0.3) is 10.0 Å². The van der Waals surface area contributed by atoms with Crippen LogP contribution in [0.3, 0.4) is 0 Å². The Balaban J connectivity index is 1.88. The van der Waals surface area contributed by atoms with Gasteiger partial charge in [-0.3, -0.25) is 4.72 Å². The van der Waals surface area contributed by atoms with Crippen LogP contribution < -0.4 is 9.46 Å². The van der Waals surface area contributed by atoms with Gasteiger partial charge in [-0.05, 0) is 19.1 Å². The van der Waals surface area contributed by atoms with Crippen molar-refractivity contribution in [1.82, 2.24) is 4.98 Å². The average Bonchev–Trinajstić information content (AvgIpc) is 3.10. The van der Waals surface area contributed by atoms with Gasteiger partial charge in [0.05, 0.1) is 10.5 Å². The highest BCUT2D eigenvalue weighted by molar-refractivity contribution is 7.92. The van der Waals surface area contributed by atoms with E-state index in [1.807, 2.05) is 0 Å². The number of halogens is 3. The van der Waals surface area contributed by atoms with Crippen molar-refractivity contribution in [2.45, 2.75) is 17.9 Å². The number of nitrogens with one attached hydrogen (secondary N) is 1. The standard InChI is InChI=1S/C17H13Cl2FN2O3S2/c1-10(11-4-2-3-5-12(11)18)25-15-7-14(20)16(6-13(15)19)27(23,24)22-17-8-26-9-21-17/h2-10,22H,1H3/t10-/m0/s1. The zero-order valence-electron chi connectivity index (χ0n) is 13.8. The fourth-order valence-corrected chi connectivity index (χ4v) is 4.53. The summed E-state index contributed by atoms with van der Waals surface area (Å²) in [6.07, 6.45) is -0.522. The topological polar surface area (TPSA) is 68.3 Å². The van der Waals surface area contributed by atoms with Gasteiger partial charge in [-0.1, -0.05) is 41.4 Å². The molecule has 0 saturated heterocycles. The number of nitrogens with zero attached hydrogens (tertiary/aromatic N) is 1. The molecule has 0 spiro atoms. The molecule has 5 nitrogen and oxygen atoms in total. The molecule has 0 fully saturated rings. The highest BCUT2D eigenvalue weighted by Crippen LogP contribution is 2.35. The summed E-state index contributed by atoms with van der Waals surface area (Å²) in [5.74, 6) is -0.888. The van der Waals surface area contributed by atoms with Gasteiger partial charge in [0.15, 0.2) is 5.82 Å². The van der Waals surface area contributed by atoms with E-state index in [9.17, 15) is 12.8 Å². The third kappa shape index (κ3) is 4.52. The lowest BCUT2D eigenvalue weighted by Crippen LogP contribution is -2.15. The number of ether oxygens (including phenoxy) is 1. The van der Waals surface area contributed by atoms with E-state index in [1.165, 1.54) is 22.2 Å². The van der Waals surface area contributed by atoms with Crippen LogP contribution in [-0.2, 0) is 10.0 Å². The van der Waals surface area contributed by atoms with Crippen molar-refractivity contribution in [3.8, 4) is 5.75 Å². The number of sulfonamides is 1. The summed E-state index contributed by atoms with van der Waals surface area (Å²) < 4.78 is 47.1. The average molecular weight is 447 g/mol. The molecule has 10 heteroatoms. The Morgan fingerprint density at radius 3 is 2.63 bits per heavy atom. The lowest BCUT2D eigenvalue weighted by molar-refractivity contribution is 0.226. The third-order valence-electron chi connectivity index (χ3n) is 3.59. The van der Waals surface area contributed by atoms with E-state index in [0.29, 0.717) is 10.6 Å². The summed E-state index contributed by atoms with van der Waals surface area (Å²) in [6.45, 7) is 1.73. The van der Waals surface area contributed by atoms with Crippen LogP contribution in [0.5, 0.6) is 5.75 Å². The van der Waals surface area contributed by atoms with E-state index in [2.05, 4.69) is 9.71 Å². The van der Waals surface area contributed by atoms with Crippen molar-refractivity contribution >= 4 is 50.4 Å². The highest BCUT2D eigenvalue weighted by atomic mass is 35.5. The molecule has 0 aliphatic heterocycles. The molecule has 0 unspecified atom stereocenters. The smallest absolute Gasteiger partial charge is 0.266 e. The Labute approximate surface area is 169 Å². The molecule has 1 N–H and O–H groups in total. The second kappa shape index (κ2) is 8.02. The van der Waals surface area contributed by atoms with E-state index in [0.717, 1.165) is 12.1 Å². The van der Waals surface area contributed by atoms with Crippen molar-refractivity contribution in [1.29, 1.82) is 0 Å². The normalized spacial score (nSPS) is 12.6. The van der Waals surface area contributed by atoms with Gasteiger partial charge in [-0.2, -0.15) is 0 Å². The van der Waals surface area contributed by atoms with E-state index in [4.69, 9.17) is 27.9 Å². The largest absolute Gasteiger partial charge is 0.484 e. The Morgan fingerprint density at radius 2 is 1.96 bits per heavy atom. The molecule has 0 radical (unpaired) electrons. The fourth-order valence-electron chi connectivity index (χ4n) is 2.32. The highest BCUT2D eigenvalue weighted by Gasteiger charge is 2.23. The molecule has 0 aliphatic carbocycles. The monoisotopic (exact) mass is 446 g/mol. The van der Waals surface area contributed by atoms with Crippen molar-refractivity contribution in [2.24, 2.45) is 0 Å². The predicted octanol–water partition coefficient (Wildman–Crippen LogP) is 5.53. The second-order valence-electron chi connectivity index (χ2n) is 5.47. The van der Waals surface area contributed by atoms with Gasteiger partial charge in [-0.25, -0.2) is 17.8 Å². The van der Waals surface area contributed by atoms with Crippen LogP contribution in [0.4, 0.5) is 10.2 Å². The van der Waals surface area contributed by atoms with Crippen LogP contribution in [0.1, 0.15) is 18.6 Å². The zero-order chi connectivity index (χ0) is 19.6. The van der Waals surface area contributed by atoms with E-state index in [1.54, 1.807) is 31.2 Å². The van der Waals surface area contributed by atoms with Crippen molar-refractivity contribution in [3.63, 3.8) is 0 Å². The van der Waals surface area contributed by atoms with E-state index in [-0.39, 0.29) is 16.6 Å². The summed E-state index contributed by atoms with van der Waals surface area (Å²) >= 11 is 13.5. The van der Waals surface area contributed by atoms with E-state index < -0.39 is 26.8 Å². The van der Waals surface area contributed by atoms with Crippen molar-refractivity contribution < 1.29 is 17.5 Å². The lowest BCUT2D eigenvalue weighted by Gasteiger charge is -2.18. The molecule has 2 aromatic carbocycles. The quantitative estimate of drug-likeness (QED) is 0.540. The maximum atomic E-state index is 14.5. The van der Waals surface area contributed by atoms with Gasteiger partial charge in [0, 0.05) is 22.0 Å². The van der Waals surface area contributed by atoms with Crippen LogP contribution in [0.15, 0.2) is 52.2 Å². The van der Waals surface area contributed by atoms with Gasteiger partial charge in [-0.15, -0.1) is 11.3 Å². The predicted molar refractivity (Wildman–Crippen MR) is 105 cm³/mol. The number of rotatable bonds is 6. The first-order chi connectivity index (χ1) is 12.8. The first-order valence-electron chi connectivity index (χ1n) is 7.59. The molecule has 0 saturated carbocycles. The fraction of sp³-hybridized carbons (Fsp3) is 0.118. The van der Waals surface area contributed by atoms with Gasteiger partial charge < -0.3 is 4.74 Å². The van der Waals surface area contributed by atoms with Crippen LogP contribution in [-0.4, -0.2) is 13.4 Å². The number of aromatic nitrogens is 1. The Kier molecular flexibility index (Phi) is 5.90. The minimum absolute atomic E-state index is 0.00851.